The average Bonchev–Trinajstić information content (AvgIpc) is 2.35. The van der Waals surface area contributed by atoms with Gasteiger partial charge in [0.15, 0.2) is 0 Å². The van der Waals surface area contributed by atoms with Crippen LogP contribution in [0.4, 0.5) is 0 Å². The molecule has 0 amide bonds. The molecule has 0 radical (unpaired) electrons. The van der Waals surface area contributed by atoms with E-state index in [0.29, 0.717) is 0 Å². The molecule has 3 heteroatoms. The molecule has 1 aliphatic heterocycles. The summed E-state index contributed by atoms with van der Waals surface area (Å²) in [5.41, 5.74) is 3.13. The molecule has 1 aromatic carbocycles. The number of nitrogens with one attached hydrogen (secondary N) is 1. The molecule has 0 atom stereocenters. The standard InChI is InChI=1S/C15H19NOS/c1-5-10-6-7-13-11(8-10)12(14(18)16-4)9-15(2,3)17-13/h6-9H,5H2,1-4H3,(H,16,18). The van der Waals surface area contributed by atoms with Crippen LogP contribution in [0, 0.1) is 0 Å². The van der Waals surface area contributed by atoms with Gasteiger partial charge in [-0.05, 0) is 44.0 Å². The summed E-state index contributed by atoms with van der Waals surface area (Å²) in [7, 11) is 1.86. The van der Waals surface area contributed by atoms with Gasteiger partial charge in [-0.15, -0.1) is 0 Å². The third-order valence-electron chi connectivity index (χ3n) is 3.08. The Hall–Kier alpha value is -1.35. The minimum absolute atomic E-state index is 0.322. The second kappa shape index (κ2) is 4.73. The maximum Gasteiger partial charge on any atom is 0.128 e. The quantitative estimate of drug-likeness (QED) is 0.825. The van der Waals surface area contributed by atoms with Crippen molar-refractivity contribution in [1.29, 1.82) is 0 Å². The van der Waals surface area contributed by atoms with E-state index in [9.17, 15) is 0 Å². The molecule has 96 valence electrons. The summed E-state index contributed by atoms with van der Waals surface area (Å²) < 4.78 is 5.98. The number of benzene rings is 1. The summed E-state index contributed by atoms with van der Waals surface area (Å²) >= 11 is 5.40. The fourth-order valence-corrected chi connectivity index (χ4v) is 2.33. The summed E-state index contributed by atoms with van der Waals surface area (Å²) in [6.45, 7) is 6.24. The van der Waals surface area contributed by atoms with Crippen molar-refractivity contribution in [2.45, 2.75) is 32.8 Å². The summed E-state index contributed by atoms with van der Waals surface area (Å²) in [5.74, 6) is 0.910. The van der Waals surface area contributed by atoms with Gasteiger partial charge in [-0.25, -0.2) is 0 Å². The Morgan fingerprint density at radius 2 is 2.11 bits per heavy atom. The minimum atomic E-state index is -0.322. The summed E-state index contributed by atoms with van der Waals surface area (Å²) in [4.78, 5) is 0.765. The highest BCUT2D eigenvalue weighted by atomic mass is 32.1. The van der Waals surface area contributed by atoms with Gasteiger partial charge in [-0.3, -0.25) is 0 Å². The van der Waals surface area contributed by atoms with Gasteiger partial charge in [0, 0.05) is 18.2 Å². The van der Waals surface area contributed by atoms with Crippen LogP contribution in [0.1, 0.15) is 31.9 Å². The zero-order valence-electron chi connectivity index (χ0n) is 11.3. The first kappa shape index (κ1) is 13.1. The third kappa shape index (κ3) is 2.41. The van der Waals surface area contributed by atoms with Gasteiger partial charge in [0.2, 0.25) is 0 Å². The molecule has 0 bridgehead atoms. The lowest BCUT2D eigenvalue weighted by molar-refractivity contribution is 0.158. The molecule has 2 rings (SSSR count). The van der Waals surface area contributed by atoms with E-state index in [0.717, 1.165) is 28.3 Å². The van der Waals surface area contributed by atoms with Crippen LogP contribution in [-0.4, -0.2) is 17.6 Å². The maximum absolute atomic E-state index is 5.98. The number of hydrogen-bond donors (Lipinski definition) is 1. The van der Waals surface area contributed by atoms with Gasteiger partial charge in [0.05, 0.1) is 0 Å². The van der Waals surface area contributed by atoms with Crippen molar-refractivity contribution >= 4 is 22.8 Å². The number of ether oxygens (including phenoxy) is 1. The van der Waals surface area contributed by atoms with Crippen LogP contribution in [0.3, 0.4) is 0 Å². The van der Waals surface area contributed by atoms with Gasteiger partial charge in [-0.1, -0.05) is 25.2 Å². The SMILES string of the molecule is CCc1ccc2c(c1)C(C(=S)NC)=CC(C)(C)O2. The third-order valence-corrected chi connectivity index (χ3v) is 3.50. The molecule has 0 fully saturated rings. The number of thiocarbonyl (C=S) groups is 1. The Bertz CT molecular complexity index is 517. The molecular formula is C15H19NOS. The first-order valence-corrected chi connectivity index (χ1v) is 6.65. The molecule has 0 spiro atoms. The van der Waals surface area contributed by atoms with E-state index < -0.39 is 0 Å². The zero-order chi connectivity index (χ0) is 13.3. The molecule has 2 nitrogen and oxygen atoms in total. The number of fused-ring (bicyclic) bond motifs is 1. The molecule has 0 unspecified atom stereocenters. The van der Waals surface area contributed by atoms with E-state index in [-0.39, 0.29) is 5.60 Å². The molecule has 0 aromatic heterocycles. The predicted octanol–water partition coefficient (Wildman–Crippen LogP) is 3.35. The fraction of sp³-hybridized carbons (Fsp3) is 0.400. The van der Waals surface area contributed by atoms with Crippen molar-refractivity contribution in [3.8, 4) is 5.75 Å². The van der Waals surface area contributed by atoms with E-state index in [1.165, 1.54) is 5.56 Å². The van der Waals surface area contributed by atoms with Crippen molar-refractivity contribution < 1.29 is 4.74 Å². The largest absolute Gasteiger partial charge is 0.483 e. The van der Waals surface area contributed by atoms with Crippen molar-refractivity contribution in [1.82, 2.24) is 5.32 Å². The number of rotatable bonds is 2. The fourth-order valence-electron chi connectivity index (χ4n) is 2.16. The monoisotopic (exact) mass is 261 g/mol. The average molecular weight is 261 g/mol. The van der Waals surface area contributed by atoms with Crippen LogP contribution in [0.5, 0.6) is 5.75 Å². The van der Waals surface area contributed by atoms with E-state index in [4.69, 9.17) is 17.0 Å². The minimum Gasteiger partial charge on any atom is -0.483 e. The number of hydrogen-bond acceptors (Lipinski definition) is 2. The number of aryl methyl sites for hydroxylation is 1. The van der Waals surface area contributed by atoms with Crippen LogP contribution in [-0.2, 0) is 6.42 Å². The van der Waals surface area contributed by atoms with Crippen LogP contribution in [0.15, 0.2) is 24.3 Å². The van der Waals surface area contributed by atoms with Crippen molar-refractivity contribution in [2.75, 3.05) is 7.05 Å². The maximum atomic E-state index is 5.98. The van der Waals surface area contributed by atoms with Crippen molar-refractivity contribution in [2.24, 2.45) is 0 Å². The molecule has 1 heterocycles. The van der Waals surface area contributed by atoms with Crippen LogP contribution < -0.4 is 10.1 Å². The molecule has 0 saturated carbocycles. The second-order valence-electron chi connectivity index (χ2n) is 5.03. The first-order chi connectivity index (χ1) is 8.46. The second-order valence-corrected chi connectivity index (χ2v) is 5.43. The molecule has 0 aliphatic carbocycles. The predicted molar refractivity (Wildman–Crippen MR) is 80.2 cm³/mol. The molecule has 18 heavy (non-hydrogen) atoms. The van der Waals surface area contributed by atoms with Crippen LogP contribution in [0.2, 0.25) is 0 Å². The van der Waals surface area contributed by atoms with Gasteiger partial charge < -0.3 is 10.1 Å². The van der Waals surface area contributed by atoms with Crippen LogP contribution >= 0.6 is 12.2 Å². The lowest BCUT2D eigenvalue weighted by Crippen LogP contribution is -2.32. The van der Waals surface area contributed by atoms with Gasteiger partial charge in [0.25, 0.3) is 0 Å². The van der Waals surface area contributed by atoms with Gasteiger partial charge >= 0.3 is 0 Å². The molecular weight excluding hydrogens is 242 g/mol. The van der Waals surface area contributed by atoms with Gasteiger partial charge in [0.1, 0.15) is 16.3 Å². The Labute approximate surface area is 114 Å². The Kier molecular flexibility index (Phi) is 3.44. The van der Waals surface area contributed by atoms with Crippen molar-refractivity contribution in [3.63, 3.8) is 0 Å². The van der Waals surface area contributed by atoms with Crippen LogP contribution in [0.25, 0.3) is 5.57 Å². The molecule has 1 aromatic rings. The van der Waals surface area contributed by atoms with Gasteiger partial charge in [-0.2, -0.15) is 0 Å². The molecule has 1 aliphatic rings. The summed E-state index contributed by atoms with van der Waals surface area (Å²) in [6, 6.07) is 6.32. The Morgan fingerprint density at radius 3 is 2.72 bits per heavy atom. The lowest BCUT2D eigenvalue weighted by Gasteiger charge is -2.31. The summed E-state index contributed by atoms with van der Waals surface area (Å²) in [5, 5.41) is 3.06. The topological polar surface area (TPSA) is 21.3 Å². The zero-order valence-corrected chi connectivity index (χ0v) is 12.1. The molecule has 1 N–H and O–H groups in total. The molecule has 0 saturated heterocycles. The normalized spacial score (nSPS) is 16.3. The number of likely N-dealkylation sites (N-methyl/N-ethyl adjacent to an activating group) is 1. The Morgan fingerprint density at radius 1 is 1.39 bits per heavy atom. The van der Waals surface area contributed by atoms with E-state index in [1.807, 2.05) is 27.0 Å². The lowest BCUT2D eigenvalue weighted by atomic mass is 9.93. The summed E-state index contributed by atoms with van der Waals surface area (Å²) in [6.07, 6.45) is 3.10. The highest BCUT2D eigenvalue weighted by Crippen LogP contribution is 2.37. The highest BCUT2D eigenvalue weighted by molar-refractivity contribution is 7.81. The van der Waals surface area contributed by atoms with Crippen molar-refractivity contribution in [3.05, 3.63) is 35.4 Å². The highest BCUT2D eigenvalue weighted by Gasteiger charge is 2.27. The van der Waals surface area contributed by atoms with E-state index in [1.54, 1.807) is 0 Å². The smallest absolute Gasteiger partial charge is 0.128 e. The van der Waals surface area contributed by atoms with E-state index >= 15 is 0 Å². The van der Waals surface area contributed by atoms with E-state index in [2.05, 4.69) is 30.4 Å². The first-order valence-electron chi connectivity index (χ1n) is 6.24. The Balaban J connectivity index is 2.57.